The second-order valence-corrected chi connectivity index (χ2v) is 5.11. The Balaban J connectivity index is 1.90. The highest BCUT2D eigenvalue weighted by molar-refractivity contribution is 6.06. The van der Waals surface area contributed by atoms with E-state index in [4.69, 9.17) is 4.74 Å². The molecule has 0 spiro atoms. The van der Waals surface area contributed by atoms with Crippen molar-refractivity contribution < 1.29 is 14.6 Å². The number of ether oxygens (including phenoxy) is 1. The maximum atomic E-state index is 12.3. The highest BCUT2D eigenvalue weighted by Gasteiger charge is 2.12. The number of aromatic amines is 1. The topological polar surface area (TPSA) is 74.4 Å². The van der Waals surface area contributed by atoms with Crippen molar-refractivity contribution in [1.82, 2.24) is 4.98 Å². The van der Waals surface area contributed by atoms with Gasteiger partial charge in [-0.1, -0.05) is 6.07 Å². The molecule has 0 saturated carbocycles. The number of anilines is 1. The first-order chi connectivity index (χ1) is 10.6. The molecule has 112 valence electrons. The van der Waals surface area contributed by atoms with Crippen LogP contribution in [0.4, 0.5) is 5.69 Å². The van der Waals surface area contributed by atoms with E-state index >= 15 is 0 Å². The Morgan fingerprint density at radius 3 is 2.77 bits per heavy atom. The third-order valence-electron chi connectivity index (χ3n) is 3.47. The summed E-state index contributed by atoms with van der Waals surface area (Å²) in [5.74, 6) is 0.461. The molecule has 3 rings (SSSR count). The maximum Gasteiger partial charge on any atom is 0.272 e. The monoisotopic (exact) mass is 296 g/mol. The van der Waals surface area contributed by atoms with Gasteiger partial charge in [0.2, 0.25) is 0 Å². The zero-order valence-electron chi connectivity index (χ0n) is 12.3. The van der Waals surface area contributed by atoms with Gasteiger partial charge in [0.15, 0.2) is 0 Å². The van der Waals surface area contributed by atoms with Gasteiger partial charge in [0.05, 0.1) is 12.8 Å². The van der Waals surface area contributed by atoms with Crippen LogP contribution in [-0.2, 0) is 0 Å². The molecular formula is C17H16N2O3. The second kappa shape index (κ2) is 5.44. The van der Waals surface area contributed by atoms with Crippen LogP contribution in [0.3, 0.4) is 0 Å². The maximum absolute atomic E-state index is 12.3. The summed E-state index contributed by atoms with van der Waals surface area (Å²) >= 11 is 0. The molecule has 3 N–H and O–H groups in total. The van der Waals surface area contributed by atoms with Crippen LogP contribution in [0.5, 0.6) is 11.5 Å². The van der Waals surface area contributed by atoms with Gasteiger partial charge in [-0.3, -0.25) is 4.79 Å². The summed E-state index contributed by atoms with van der Waals surface area (Å²) in [6.45, 7) is 1.89. The first-order valence-electron chi connectivity index (χ1n) is 6.84. The van der Waals surface area contributed by atoms with Crippen molar-refractivity contribution in [3.8, 4) is 11.5 Å². The smallest absolute Gasteiger partial charge is 0.272 e. The number of benzene rings is 2. The number of carbonyl (C=O) groups is 1. The fourth-order valence-electron chi connectivity index (χ4n) is 2.30. The molecule has 0 aliphatic heterocycles. The number of rotatable bonds is 3. The molecular weight excluding hydrogens is 280 g/mol. The average molecular weight is 296 g/mol. The van der Waals surface area contributed by atoms with Gasteiger partial charge in [0, 0.05) is 10.9 Å². The summed E-state index contributed by atoms with van der Waals surface area (Å²) < 4.78 is 5.17. The molecule has 0 saturated heterocycles. The number of phenols is 1. The Morgan fingerprint density at radius 1 is 1.18 bits per heavy atom. The van der Waals surface area contributed by atoms with Crippen LogP contribution >= 0.6 is 0 Å². The predicted octanol–water partition coefficient (Wildman–Crippen LogP) is 3.44. The number of fused-ring (bicyclic) bond motifs is 1. The molecule has 0 aliphatic carbocycles. The van der Waals surface area contributed by atoms with Gasteiger partial charge in [0.25, 0.3) is 5.91 Å². The van der Waals surface area contributed by atoms with Crippen molar-refractivity contribution in [2.24, 2.45) is 0 Å². The van der Waals surface area contributed by atoms with Gasteiger partial charge in [-0.15, -0.1) is 0 Å². The number of methoxy groups -OCH3 is 1. The van der Waals surface area contributed by atoms with Gasteiger partial charge in [-0.2, -0.15) is 0 Å². The summed E-state index contributed by atoms with van der Waals surface area (Å²) in [5, 5.41) is 13.4. The number of phenolic OH excluding ortho intramolecular Hbond substituents is 1. The standard InChI is InChI=1S/C17H16N2O3/c1-10-3-6-16(20)14(7-10)19-17(21)15-9-11-8-12(22-2)4-5-13(11)18-15/h3-9,18,20H,1-2H3,(H,19,21). The molecule has 0 aliphatic rings. The fraction of sp³-hybridized carbons (Fsp3) is 0.118. The third kappa shape index (κ3) is 2.61. The second-order valence-electron chi connectivity index (χ2n) is 5.11. The van der Waals surface area contributed by atoms with Crippen molar-refractivity contribution in [3.63, 3.8) is 0 Å². The van der Waals surface area contributed by atoms with Crippen molar-refractivity contribution in [1.29, 1.82) is 0 Å². The Bertz CT molecular complexity index is 852. The zero-order valence-corrected chi connectivity index (χ0v) is 12.3. The molecule has 1 heterocycles. The molecule has 0 atom stereocenters. The minimum absolute atomic E-state index is 0.0386. The highest BCUT2D eigenvalue weighted by atomic mass is 16.5. The largest absolute Gasteiger partial charge is 0.506 e. The Labute approximate surface area is 127 Å². The van der Waals surface area contributed by atoms with E-state index in [1.54, 1.807) is 31.4 Å². The number of aromatic hydroxyl groups is 1. The van der Waals surface area contributed by atoms with E-state index in [0.717, 1.165) is 22.2 Å². The predicted molar refractivity (Wildman–Crippen MR) is 85.6 cm³/mol. The quantitative estimate of drug-likeness (QED) is 0.648. The van der Waals surface area contributed by atoms with Gasteiger partial charge >= 0.3 is 0 Å². The van der Waals surface area contributed by atoms with Crippen molar-refractivity contribution >= 4 is 22.5 Å². The van der Waals surface area contributed by atoms with Crippen molar-refractivity contribution in [3.05, 3.63) is 53.7 Å². The highest BCUT2D eigenvalue weighted by Crippen LogP contribution is 2.26. The Morgan fingerprint density at radius 2 is 2.00 bits per heavy atom. The lowest BCUT2D eigenvalue weighted by atomic mass is 10.2. The van der Waals surface area contributed by atoms with E-state index in [-0.39, 0.29) is 11.7 Å². The van der Waals surface area contributed by atoms with Gasteiger partial charge in [0.1, 0.15) is 17.2 Å². The number of amides is 1. The van der Waals surface area contributed by atoms with E-state index in [1.807, 2.05) is 25.1 Å². The SMILES string of the molecule is COc1ccc2[nH]c(C(=O)Nc3cc(C)ccc3O)cc2c1. The minimum atomic E-state index is -0.309. The van der Waals surface area contributed by atoms with Gasteiger partial charge < -0.3 is 20.1 Å². The van der Waals surface area contributed by atoms with Crippen LogP contribution in [0.25, 0.3) is 10.9 Å². The lowest BCUT2D eigenvalue weighted by molar-refractivity contribution is 0.102. The number of carbonyl (C=O) groups excluding carboxylic acids is 1. The number of H-pyrrole nitrogens is 1. The van der Waals surface area contributed by atoms with E-state index in [9.17, 15) is 9.90 Å². The Kier molecular flexibility index (Phi) is 3.47. The summed E-state index contributed by atoms with van der Waals surface area (Å²) in [4.78, 5) is 15.4. The Hall–Kier alpha value is -2.95. The van der Waals surface area contributed by atoms with E-state index in [1.165, 1.54) is 0 Å². The number of aromatic nitrogens is 1. The molecule has 1 aromatic heterocycles. The first-order valence-corrected chi connectivity index (χ1v) is 6.84. The van der Waals surface area contributed by atoms with Crippen molar-refractivity contribution in [2.45, 2.75) is 6.92 Å². The van der Waals surface area contributed by atoms with E-state index in [0.29, 0.717) is 11.4 Å². The molecule has 0 fully saturated rings. The summed E-state index contributed by atoms with van der Waals surface area (Å²) in [5.41, 5.74) is 2.61. The van der Waals surface area contributed by atoms with Crippen LogP contribution in [0.15, 0.2) is 42.5 Å². The minimum Gasteiger partial charge on any atom is -0.506 e. The third-order valence-corrected chi connectivity index (χ3v) is 3.47. The van der Waals surface area contributed by atoms with Crippen LogP contribution in [-0.4, -0.2) is 23.1 Å². The summed E-state index contributed by atoms with van der Waals surface area (Å²) in [6.07, 6.45) is 0. The van der Waals surface area contributed by atoms with E-state index in [2.05, 4.69) is 10.3 Å². The summed E-state index contributed by atoms with van der Waals surface area (Å²) in [6, 6.07) is 12.3. The molecule has 0 bridgehead atoms. The first kappa shape index (κ1) is 14.0. The number of nitrogens with one attached hydrogen (secondary N) is 2. The molecule has 0 radical (unpaired) electrons. The van der Waals surface area contributed by atoms with Crippen molar-refractivity contribution in [2.75, 3.05) is 12.4 Å². The van der Waals surface area contributed by atoms with Gasteiger partial charge in [-0.25, -0.2) is 0 Å². The average Bonchev–Trinajstić information content (AvgIpc) is 2.94. The summed E-state index contributed by atoms with van der Waals surface area (Å²) in [7, 11) is 1.60. The van der Waals surface area contributed by atoms with Gasteiger partial charge in [-0.05, 0) is 48.9 Å². The zero-order chi connectivity index (χ0) is 15.7. The van der Waals surface area contributed by atoms with E-state index < -0.39 is 0 Å². The number of hydrogen-bond donors (Lipinski definition) is 3. The molecule has 3 aromatic rings. The molecule has 1 amide bonds. The molecule has 5 nitrogen and oxygen atoms in total. The van der Waals surface area contributed by atoms with Crippen LogP contribution in [0, 0.1) is 6.92 Å². The molecule has 2 aromatic carbocycles. The van der Waals surface area contributed by atoms with Crippen LogP contribution in [0.1, 0.15) is 16.1 Å². The normalized spacial score (nSPS) is 10.6. The lowest BCUT2D eigenvalue weighted by Crippen LogP contribution is -2.12. The lowest BCUT2D eigenvalue weighted by Gasteiger charge is -2.07. The molecule has 0 unspecified atom stereocenters. The fourth-order valence-corrected chi connectivity index (χ4v) is 2.30. The van der Waals surface area contributed by atoms with Crippen LogP contribution < -0.4 is 10.1 Å². The molecule has 5 heteroatoms. The number of aryl methyl sites for hydroxylation is 1. The molecule has 22 heavy (non-hydrogen) atoms. The number of hydrogen-bond acceptors (Lipinski definition) is 3. The van der Waals surface area contributed by atoms with Crippen LogP contribution in [0.2, 0.25) is 0 Å².